The van der Waals surface area contributed by atoms with Crippen LogP contribution in [0.5, 0.6) is 0 Å². The third-order valence-electron chi connectivity index (χ3n) is 4.06. The number of hydrogen-bond donors (Lipinski definition) is 2. The van der Waals surface area contributed by atoms with Gasteiger partial charge in [0.15, 0.2) is 0 Å². The molecular formula is C19H13Cl2F3N2O3S. The topological polar surface area (TPSA) is 79.3 Å². The molecule has 0 spiro atoms. The highest BCUT2D eigenvalue weighted by Crippen LogP contribution is 2.37. The van der Waals surface area contributed by atoms with Crippen LogP contribution in [0.4, 0.5) is 18.9 Å². The molecule has 1 aromatic heterocycles. The quantitative estimate of drug-likeness (QED) is 0.524. The zero-order valence-corrected chi connectivity index (χ0v) is 17.2. The number of halogens is 5. The maximum atomic E-state index is 13.1. The van der Waals surface area contributed by atoms with Gasteiger partial charge in [0.05, 0.1) is 31.9 Å². The molecular weight excluding hydrogens is 464 g/mol. The zero-order chi connectivity index (χ0) is 22.1. The van der Waals surface area contributed by atoms with Gasteiger partial charge >= 0.3 is 6.18 Å². The largest absolute Gasteiger partial charge is 0.417 e. The van der Waals surface area contributed by atoms with Gasteiger partial charge in [-0.05, 0) is 29.8 Å². The first-order valence-corrected chi connectivity index (χ1v) is 10.5. The standard InChI is InChI=1S/C19H13Cl2F3N2O3S/c20-12-8-16(17(25-10-12)18(27)11-4-2-1-3-5-11)26-30(28,29)13-6-7-15(21)14(9-13)19(22,23)24/h1-10,18,26-27H. The van der Waals surface area contributed by atoms with E-state index in [-0.39, 0.29) is 16.4 Å². The minimum absolute atomic E-state index is 0.0591. The summed E-state index contributed by atoms with van der Waals surface area (Å²) in [6.07, 6.45) is -4.93. The van der Waals surface area contributed by atoms with Gasteiger partial charge in [-0.3, -0.25) is 9.71 Å². The Balaban J connectivity index is 2.03. The lowest BCUT2D eigenvalue weighted by molar-refractivity contribution is -0.137. The number of aliphatic hydroxyl groups is 1. The van der Waals surface area contributed by atoms with E-state index in [2.05, 4.69) is 9.71 Å². The minimum atomic E-state index is -4.84. The van der Waals surface area contributed by atoms with Crippen molar-refractivity contribution in [2.75, 3.05) is 4.72 Å². The first-order chi connectivity index (χ1) is 14.0. The molecule has 1 unspecified atom stereocenters. The van der Waals surface area contributed by atoms with Crippen molar-refractivity contribution in [3.8, 4) is 0 Å². The average molecular weight is 477 g/mol. The molecule has 0 saturated carbocycles. The van der Waals surface area contributed by atoms with E-state index in [9.17, 15) is 26.7 Å². The van der Waals surface area contributed by atoms with Gasteiger partial charge in [0.25, 0.3) is 10.0 Å². The van der Waals surface area contributed by atoms with Gasteiger partial charge in [-0.2, -0.15) is 13.2 Å². The summed E-state index contributed by atoms with van der Waals surface area (Å²) in [6.45, 7) is 0. The second kappa shape index (κ2) is 8.43. The predicted molar refractivity (Wildman–Crippen MR) is 107 cm³/mol. The van der Waals surface area contributed by atoms with Crippen LogP contribution in [-0.2, 0) is 16.2 Å². The van der Waals surface area contributed by atoms with E-state index in [1.807, 2.05) is 0 Å². The molecule has 0 amide bonds. The van der Waals surface area contributed by atoms with Crippen LogP contribution in [0.25, 0.3) is 0 Å². The number of hydrogen-bond acceptors (Lipinski definition) is 4. The fourth-order valence-corrected chi connectivity index (χ4v) is 4.11. The third kappa shape index (κ3) is 4.86. The summed E-state index contributed by atoms with van der Waals surface area (Å²) < 4.78 is 66.9. The van der Waals surface area contributed by atoms with Gasteiger partial charge in [-0.25, -0.2) is 8.42 Å². The van der Waals surface area contributed by atoms with Gasteiger partial charge in [-0.1, -0.05) is 53.5 Å². The average Bonchev–Trinajstić information content (AvgIpc) is 2.67. The first-order valence-electron chi connectivity index (χ1n) is 8.27. The summed E-state index contributed by atoms with van der Waals surface area (Å²) in [5.74, 6) is 0. The number of aliphatic hydroxyl groups excluding tert-OH is 1. The monoisotopic (exact) mass is 476 g/mol. The number of sulfonamides is 1. The summed E-state index contributed by atoms with van der Waals surface area (Å²) >= 11 is 11.5. The molecule has 1 atom stereocenters. The molecule has 5 nitrogen and oxygen atoms in total. The molecule has 2 aromatic carbocycles. The summed E-state index contributed by atoms with van der Waals surface area (Å²) in [5, 5.41) is 10.0. The molecule has 30 heavy (non-hydrogen) atoms. The number of rotatable bonds is 5. The second-order valence-corrected chi connectivity index (χ2v) is 8.67. The number of pyridine rings is 1. The van der Waals surface area contributed by atoms with Crippen LogP contribution in [0, 0.1) is 0 Å². The van der Waals surface area contributed by atoms with Crippen molar-refractivity contribution >= 4 is 38.9 Å². The molecule has 0 radical (unpaired) electrons. The van der Waals surface area contributed by atoms with E-state index in [0.717, 1.165) is 12.1 Å². The molecule has 2 N–H and O–H groups in total. The summed E-state index contributed by atoms with van der Waals surface area (Å²) in [7, 11) is -4.49. The van der Waals surface area contributed by atoms with Gasteiger partial charge in [0.2, 0.25) is 0 Å². The molecule has 0 aliphatic heterocycles. The Morgan fingerprint density at radius 1 is 1.03 bits per heavy atom. The zero-order valence-electron chi connectivity index (χ0n) is 14.9. The number of nitrogens with zero attached hydrogens (tertiary/aromatic N) is 1. The Morgan fingerprint density at radius 2 is 1.70 bits per heavy atom. The molecule has 0 fully saturated rings. The van der Waals surface area contributed by atoms with Gasteiger partial charge in [0, 0.05) is 6.20 Å². The first kappa shape index (κ1) is 22.4. The van der Waals surface area contributed by atoms with Crippen molar-refractivity contribution in [3.05, 3.63) is 87.7 Å². The van der Waals surface area contributed by atoms with Crippen LogP contribution in [0.1, 0.15) is 22.9 Å². The normalized spacial score (nSPS) is 13.1. The number of alkyl halides is 3. The smallest absolute Gasteiger partial charge is 0.382 e. The maximum Gasteiger partial charge on any atom is 0.417 e. The SMILES string of the molecule is O=S(=O)(Nc1cc(Cl)cnc1C(O)c1ccccc1)c1ccc(Cl)c(C(F)(F)F)c1. The fraction of sp³-hybridized carbons (Fsp3) is 0.105. The molecule has 0 bridgehead atoms. The van der Waals surface area contributed by atoms with Crippen molar-refractivity contribution in [1.82, 2.24) is 4.98 Å². The molecule has 3 aromatic rings. The fourth-order valence-electron chi connectivity index (χ4n) is 2.64. The van der Waals surface area contributed by atoms with E-state index < -0.39 is 37.8 Å². The Hall–Kier alpha value is -2.33. The van der Waals surface area contributed by atoms with Crippen molar-refractivity contribution < 1.29 is 26.7 Å². The van der Waals surface area contributed by atoms with Crippen LogP contribution in [0.3, 0.4) is 0 Å². The van der Waals surface area contributed by atoms with Crippen molar-refractivity contribution in [1.29, 1.82) is 0 Å². The van der Waals surface area contributed by atoms with Gasteiger partial charge in [-0.15, -0.1) is 0 Å². The predicted octanol–water partition coefficient (Wildman–Crippen LogP) is 5.29. The lowest BCUT2D eigenvalue weighted by Gasteiger charge is -2.17. The van der Waals surface area contributed by atoms with E-state index in [1.165, 1.54) is 12.3 Å². The highest BCUT2D eigenvalue weighted by molar-refractivity contribution is 7.92. The van der Waals surface area contributed by atoms with Crippen molar-refractivity contribution in [2.24, 2.45) is 0 Å². The van der Waals surface area contributed by atoms with E-state index in [1.54, 1.807) is 30.3 Å². The molecule has 3 rings (SSSR count). The molecule has 0 saturated heterocycles. The number of nitrogens with one attached hydrogen (secondary N) is 1. The molecule has 0 aliphatic rings. The number of aromatic nitrogens is 1. The van der Waals surface area contributed by atoms with E-state index in [0.29, 0.717) is 11.6 Å². The molecule has 158 valence electrons. The van der Waals surface area contributed by atoms with Crippen LogP contribution in [-0.4, -0.2) is 18.5 Å². The Morgan fingerprint density at radius 3 is 2.33 bits per heavy atom. The lowest BCUT2D eigenvalue weighted by Crippen LogP contribution is -2.17. The van der Waals surface area contributed by atoms with Crippen LogP contribution >= 0.6 is 23.2 Å². The van der Waals surface area contributed by atoms with Gasteiger partial charge < -0.3 is 5.11 Å². The van der Waals surface area contributed by atoms with E-state index in [4.69, 9.17) is 23.2 Å². The Labute approximate surface area is 180 Å². The highest BCUT2D eigenvalue weighted by Gasteiger charge is 2.34. The minimum Gasteiger partial charge on any atom is -0.382 e. The summed E-state index contributed by atoms with van der Waals surface area (Å²) in [5.41, 5.74) is -1.11. The highest BCUT2D eigenvalue weighted by atomic mass is 35.5. The van der Waals surface area contributed by atoms with Crippen LogP contribution in [0.15, 0.2) is 65.7 Å². The summed E-state index contributed by atoms with van der Waals surface area (Å²) in [4.78, 5) is 3.33. The maximum absolute atomic E-state index is 13.1. The van der Waals surface area contributed by atoms with E-state index >= 15 is 0 Å². The Bertz CT molecular complexity index is 1170. The number of anilines is 1. The second-order valence-electron chi connectivity index (χ2n) is 6.14. The molecule has 1 heterocycles. The van der Waals surface area contributed by atoms with Crippen LogP contribution in [0.2, 0.25) is 10.0 Å². The van der Waals surface area contributed by atoms with Crippen molar-refractivity contribution in [2.45, 2.75) is 17.2 Å². The van der Waals surface area contributed by atoms with Crippen molar-refractivity contribution in [3.63, 3.8) is 0 Å². The molecule has 0 aliphatic carbocycles. The number of benzene rings is 2. The van der Waals surface area contributed by atoms with Crippen LogP contribution < -0.4 is 4.72 Å². The summed E-state index contributed by atoms with van der Waals surface area (Å²) in [6, 6.07) is 11.7. The van der Waals surface area contributed by atoms with Gasteiger partial charge in [0.1, 0.15) is 6.10 Å². The third-order valence-corrected chi connectivity index (χ3v) is 5.96. The Kier molecular flexibility index (Phi) is 6.28. The molecule has 11 heteroatoms. The lowest BCUT2D eigenvalue weighted by atomic mass is 10.1.